The van der Waals surface area contributed by atoms with Crippen molar-refractivity contribution in [1.29, 1.82) is 0 Å². The zero-order valence-electron chi connectivity index (χ0n) is 13.8. The van der Waals surface area contributed by atoms with Gasteiger partial charge in [0.2, 0.25) is 5.91 Å². The molecule has 0 aliphatic rings. The monoisotopic (exact) mass is 343 g/mol. The zero-order chi connectivity index (χ0) is 18.2. The van der Waals surface area contributed by atoms with Crippen LogP contribution in [-0.4, -0.2) is 31.3 Å². The molecule has 0 aliphatic carbocycles. The largest absolute Gasteiger partial charge is 0.493 e. The molecule has 1 N–H and O–H groups in total. The maximum atomic E-state index is 11.8. The third kappa shape index (κ3) is 4.77. The normalized spacial score (nSPS) is 10.5. The van der Waals surface area contributed by atoms with Gasteiger partial charge in [-0.05, 0) is 11.6 Å². The average molecular weight is 343 g/mol. The minimum Gasteiger partial charge on any atom is -0.493 e. The molecule has 0 aliphatic heterocycles. The Labute approximate surface area is 144 Å². The highest BCUT2D eigenvalue weighted by Gasteiger charge is 2.18. The summed E-state index contributed by atoms with van der Waals surface area (Å²) in [5.74, 6) is 0.232. The Morgan fingerprint density at radius 1 is 1.20 bits per heavy atom. The predicted octanol–water partition coefficient (Wildman–Crippen LogP) is 2.30. The van der Waals surface area contributed by atoms with Gasteiger partial charge in [0.15, 0.2) is 11.5 Å². The molecule has 0 spiro atoms. The smallest absolute Gasteiger partial charge is 0.282 e. The van der Waals surface area contributed by atoms with Gasteiger partial charge in [-0.2, -0.15) is 5.10 Å². The summed E-state index contributed by atoms with van der Waals surface area (Å²) < 4.78 is 10.2. The van der Waals surface area contributed by atoms with E-state index < -0.39 is 4.92 Å². The summed E-state index contributed by atoms with van der Waals surface area (Å²) in [4.78, 5) is 22.5. The lowest BCUT2D eigenvalue weighted by Crippen LogP contribution is -2.19. The van der Waals surface area contributed by atoms with Crippen LogP contribution < -0.4 is 14.9 Å². The molecule has 0 unspecified atom stereocenters. The van der Waals surface area contributed by atoms with Crippen molar-refractivity contribution in [2.24, 2.45) is 5.10 Å². The van der Waals surface area contributed by atoms with Gasteiger partial charge in [-0.25, -0.2) is 5.43 Å². The lowest BCUT2D eigenvalue weighted by molar-refractivity contribution is -0.385. The van der Waals surface area contributed by atoms with Gasteiger partial charge in [0.25, 0.3) is 5.69 Å². The summed E-state index contributed by atoms with van der Waals surface area (Å²) >= 11 is 0. The summed E-state index contributed by atoms with van der Waals surface area (Å²) in [6.07, 6.45) is 1.36. The second-order valence-corrected chi connectivity index (χ2v) is 4.98. The van der Waals surface area contributed by atoms with Crippen LogP contribution in [0.3, 0.4) is 0 Å². The molecule has 0 aromatic heterocycles. The lowest BCUT2D eigenvalue weighted by Gasteiger charge is -2.08. The van der Waals surface area contributed by atoms with E-state index in [2.05, 4.69) is 10.5 Å². The Morgan fingerprint density at radius 3 is 2.44 bits per heavy atom. The van der Waals surface area contributed by atoms with Crippen molar-refractivity contribution in [2.75, 3.05) is 14.2 Å². The Morgan fingerprint density at radius 2 is 1.84 bits per heavy atom. The Balaban J connectivity index is 2.14. The van der Waals surface area contributed by atoms with Crippen molar-refractivity contribution in [3.8, 4) is 11.5 Å². The molecule has 0 fully saturated rings. The molecule has 8 heteroatoms. The van der Waals surface area contributed by atoms with E-state index in [9.17, 15) is 14.9 Å². The molecule has 2 rings (SSSR count). The number of carbonyl (C=O) groups excluding carboxylic acids is 1. The first-order valence-electron chi connectivity index (χ1n) is 7.31. The SMILES string of the molecule is COc1cc(/C=N/NC(=O)Cc2ccccc2)c([N+](=O)[O-])cc1OC. The number of methoxy groups -OCH3 is 2. The number of ether oxygens (including phenoxy) is 2. The summed E-state index contributed by atoms with van der Waals surface area (Å²) in [7, 11) is 2.81. The number of hydrogen-bond donors (Lipinski definition) is 1. The molecule has 2 aromatic carbocycles. The first-order valence-corrected chi connectivity index (χ1v) is 7.31. The molecule has 25 heavy (non-hydrogen) atoms. The van der Waals surface area contributed by atoms with Gasteiger partial charge in [0.05, 0.1) is 43.4 Å². The highest BCUT2D eigenvalue weighted by molar-refractivity contribution is 5.88. The number of hydrazone groups is 1. The Kier molecular flexibility index (Phi) is 6.05. The molecular weight excluding hydrogens is 326 g/mol. The van der Waals surface area contributed by atoms with Crippen molar-refractivity contribution in [3.63, 3.8) is 0 Å². The molecule has 8 nitrogen and oxygen atoms in total. The molecule has 130 valence electrons. The van der Waals surface area contributed by atoms with Gasteiger partial charge < -0.3 is 9.47 Å². The van der Waals surface area contributed by atoms with Crippen LogP contribution in [0.15, 0.2) is 47.6 Å². The van der Waals surface area contributed by atoms with E-state index in [-0.39, 0.29) is 29.3 Å². The number of hydrogen-bond acceptors (Lipinski definition) is 6. The number of nitrogens with zero attached hydrogens (tertiary/aromatic N) is 2. The van der Waals surface area contributed by atoms with Crippen molar-refractivity contribution in [2.45, 2.75) is 6.42 Å². The van der Waals surface area contributed by atoms with Crippen LogP contribution in [-0.2, 0) is 11.2 Å². The number of nitrogens with one attached hydrogen (secondary N) is 1. The molecule has 0 bridgehead atoms. The fraction of sp³-hybridized carbons (Fsp3) is 0.176. The standard InChI is InChI=1S/C17H17N3O5/c1-24-15-9-13(14(20(22)23)10-16(15)25-2)11-18-19-17(21)8-12-6-4-3-5-7-12/h3-7,9-11H,8H2,1-2H3,(H,19,21)/b18-11+. The van der Waals surface area contributed by atoms with Crippen molar-refractivity contribution in [1.82, 2.24) is 5.43 Å². The molecular formula is C17H17N3O5. The van der Waals surface area contributed by atoms with Gasteiger partial charge in [0.1, 0.15) is 0 Å². The van der Waals surface area contributed by atoms with Crippen molar-refractivity contribution in [3.05, 3.63) is 63.7 Å². The molecule has 2 aromatic rings. The van der Waals surface area contributed by atoms with Crippen LogP contribution in [0.4, 0.5) is 5.69 Å². The van der Waals surface area contributed by atoms with Gasteiger partial charge >= 0.3 is 0 Å². The Hall–Kier alpha value is -3.42. The third-order valence-corrected chi connectivity index (χ3v) is 3.33. The molecule has 0 saturated carbocycles. The quantitative estimate of drug-likeness (QED) is 0.472. The summed E-state index contributed by atoms with van der Waals surface area (Å²) in [5, 5.41) is 15.0. The predicted molar refractivity (Wildman–Crippen MR) is 92.1 cm³/mol. The average Bonchev–Trinajstić information content (AvgIpc) is 2.61. The van der Waals surface area contributed by atoms with Crippen LogP contribution >= 0.6 is 0 Å². The summed E-state index contributed by atoms with van der Waals surface area (Å²) in [6.45, 7) is 0. The van der Waals surface area contributed by atoms with Crippen molar-refractivity contribution >= 4 is 17.8 Å². The van der Waals surface area contributed by atoms with Crippen LogP contribution in [0.1, 0.15) is 11.1 Å². The van der Waals surface area contributed by atoms with E-state index in [1.807, 2.05) is 30.3 Å². The second kappa shape index (κ2) is 8.44. The summed E-state index contributed by atoms with van der Waals surface area (Å²) in [6, 6.07) is 11.8. The number of rotatable bonds is 7. The highest BCUT2D eigenvalue weighted by atomic mass is 16.6. The molecule has 1 amide bonds. The fourth-order valence-corrected chi connectivity index (χ4v) is 2.14. The number of amides is 1. The third-order valence-electron chi connectivity index (χ3n) is 3.33. The molecule has 0 saturated heterocycles. The van der Waals surface area contributed by atoms with E-state index >= 15 is 0 Å². The zero-order valence-corrected chi connectivity index (χ0v) is 13.8. The van der Waals surface area contributed by atoms with Gasteiger partial charge in [0, 0.05) is 0 Å². The topological polar surface area (TPSA) is 103 Å². The van der Waals surface area contributed by atoms with Crippen LogP contribution in [0.5, 0.6) is 11.5 Å². The molecule has 0 atom stereocenters. The van der Waals surface area contributed by atoms with Gasteiger partial charge in [-0.1, -0.05) is 30.3 Å². The van der Waals surface area contributed by atoms with Crippen LogP contribution in [0.2, 0.25) is 0 Å². The lowest BCUT2D eigenvalue weighted by atomic mass is 10.1. The minimum atomic E-state index is -0.560. The number of nitro benzene ring substituents is 1. The van der Waals surface area contributed by atoms with E-state index in [1.165, 1.54) is 32.6 Å². The first kappa shape index (κ1) is 17.9. The van der Waals surface area contributed by atoms with Crippen molar-refractivity contribution < 1.29 is 19.2 Å². The maximum Gasteiger partial charge on any atom is 0.282 e. The van der Waals surface area contributed by atoms with E-state index in [1.54, 1.807) is 0 Å². The summed E-state index contributed by atoms with van der Waals surface area (Å²) in [5.41, 5.74) is 3.16. The number of carbonyl (C=O) groups is 1. The van der Waals surface area contributed by atoms with E-state index in [4.69, 9.17) is 9.47 Å². The van der Waals surface area contributed by atoms with E-state index in [0.717, 1.165) is 5.56 Å². The minimum absolute atomic E-state index is 0.159. The van der Waals surface area contributed by atoms with Gasteiger partial charge in [-0.15, -0.1) is 0 Å². The molecule has 0 heterocycles. The first-order chi connectivity index (χ1) is 12.0. The van der Waals surface area contributed by atoms with E-state index in [0.29, 0.717) is 5.75 Å². The number of nitro groups is 1. The highest BCUT2D eigenvalue weighted by Crippen LogP contribution is 2.33. The van der Waals surface area contributed by atoms with Gasteiger partial charge in [-0.3, -0.25) is 14.9 Å². The fourth-order valence-electron chi connectivity index (χ4n) is 2.14. The van der Waals surface area contributed by atoms with Crippen LogP contribution in [0, 0.1) is 10.1 Å². The van der Waals surface area contributed by atoms with Crippen LogP contribution in [0.25, 0.3) is 0 Å². The number of benzene rings is 2. The maximum absolute atomic E-state index is 11.8. The second-order valence-electron chi connectivity index (χ2n) is 4.98. The Bertz CT molecular complexity index is 790. The molecule has 0 radical (unpaired) electrons.